The van der Waals surface area contributed by atoms with Crippen LogP contribution in [0.25, 0.3) is 0 Å². The highest BCUT2D eigenvalue weighted by Crippen LogP contribution is 2.24. The molecular weight excluding hydrogens is 310 g/mol. The van der Waals surface area contributed by atoms with Crippen molar-refractivity contribution < 1.29 is 4.79 Å². The average molecular weight is 322 g/mol. The van der Waals surface area contributed by atoms with Crippen molar-refractivity contribution >= 4 is 40.2 Å². The molecule has 0 aromatic heterocycles. The number of thiol groups is 1. The fraction of sp³-hybridized carbons (Fsp3) is 0.0714. The van der Waals surface area contributed by atoms with Gasteiger partial charge in [0.25, 0.3) is 5.91 Å². The van der Waals surface area contributed by atoms with Crippen molar-refractivity contribution in [2.75, 3.05) is 5.32 Å². The van der Waals surface area contributed by atoms with Crippen LogP contribution in [0.3, 0.4) is 0 Å². The predicted octanol–water partition coefficient (Wildman–Crippen LogP) is 4.30. The van der Waals surface area contributed by atoms with E-state index in [9.17, 15) is 4.79 Å². The lowest BCUT2D eigenvalue weighted by Gasteiger charge is -2.10. The summed E-state index contributed by atoms with van der Waals surface area (Å²) in [4.78, 5) is 12.8. The van der Waals surface area contributed by atoms with Gasteiger partial charge in [-0.2, -0.15) is 0 Å². The van der Waals surface area contributed by atoms with Gasteiger partial charge in [0.05, 0.1) is 5.56 Å². The van der Waals surface area contributed by atoms with Crippen molar-refractivity contribution in [3.63, 3.8) is 0 Å². The van der Waals surface area contributed by atoms with Crippen LogP contribution in [0.5, 0.6) is 0 Å². The van der Waals surface area contributed by atoms with Gasteiger partial charge in [0.1, 0.15) is 0 Å². The van der Waals surface area contributed by atoms with E-state index in [0.717, 1.165) is 15.7 Å². The molecule has 0 spiro atoms. The Morgan fingerprint density at radius 3 is 2.61 bits per heavy atom. The maximum atomic E-state index is 12.1. The Bertz CT molecular complexity index is 598. The van der Waals surface area contributed by atoms with Crippen molar-refractivity contribution in [1.29, 1.82) is 0 Å². The van der Waals surface area contributed by atoms with Crippen LogP contribution in [-0.4, -0.2) is 5.91 Å². The van der Waals surface area contributed by atoms with Crippen LogP contribution in [-0.2, 0) is 0 Å². The van der Waals surface area contributed by atoms with Crippen LogP contribution in [0.1, 0.15) is 15.9 Å². The lowest BCUT2D eigenvalue weighted by molar-refractivity contribution is 0.102. The van der Waals surface area contributed by atoms with Crippen LogP contribution in [0, 0.1) is 6.92 Å². The van der Waals surface area contributed by atoms with Gasteiger partial charge >= 0.3 is 0 Å². The van der Waals surface area contributed by atoms with E-state index in [1.165, 1.54) is 0 Å². The Morgan fingerprint density at radius 1 is 1.17 bits per heavy atom. The summed E-state index contributed by atoms with van der Waals surface area (Å²) in [5, 5.41) is 2.89. The van der Waals surface area contributed by atoms with E-state index < -0.39 is 0 Å². The largest absolute Gasteiger partial charge is 0.322 e. The zero-order valence-corrected chi connectivity index (χ0v) is 12.3. The van der Waals surface area contributed by atoms with E-state index in [-0.39, 0.29) is 5.91 Å². The highest BCUT2D eigenvalue weighted by molar-refractivity contribution is 9.10. The summed E-state index contributed by atoms with van der Waals surface area (Å²) in [5.41, 5.74) is 2.37. The van der Waals surface area contributed by atoms with E-state index in [0.29, 0.717) is 10.5 Å². The van der Waals surface area contributed by atoms with Gasteiger partial charge in [0.2, 0.25) is 0 Å². The molecule has 2 rings (SSSR count). The third-order valence-electron chi connectivity index (χ3n) is 2.66. The minimum Gasteiger partial charge on any atom is -0.322 e. The first-order chi connectivity index (χ1) is 8.59. The Kier molecular flexibility index (Phi) is 4.09. The van der Waals surface area contributed by atoms with Crippen LogP contribution >= 0.6 is 28.6 Å². The molecule has 1 N–H and O–H groups in total. The molecule has 0 radical (unpaired) electrons. The van der Waals surface area contributed by atoms with Crippen molar-refractivity contribution in [3.05, 3.63) is 58.1 Å². The van der Waals surface area contributed by atoms with Gasteiger partial charge in [0, 0.05) is 15.1 Å². The van der Waals surface area contributed by atoms with Crippen LogP contribution in [0.15, 0.2) is 51.8 Å². The number of carbonyl (C=O) groups excluding carboxylic acids is 1. The molecule has 0 atom stereocenters. The molecule has 0 aliphatic heterocycles. The standard InChI is InChI=1S/C14H12BrNOS/c1-9-11(15)6-4-7-12(9)16-14(17)10-5-2-3-8-13(10)18/h2-8,18H,1H3,(H,16,17). The van der Waals surface area contributed by atoms with Gasteiger partial charge in [-0.25, -0.2) is 0 Å². The van der Waals surface area contributed by atoms with E-state index in [2.05, 4.69) is 33.9 Å². The lowest BCUT2D eigenvalue weighted by atomic mass is 10.1. The second kappa shape index (κ2) is 5.59. The van der Waals surface area contributed by atoms with Gasteiger partial charge < -0.3 is 5.32 Å². The minimum absolute atomic E-state index is 0.151. The van der Waals surface area contributed by atoms with Gasteiger partial charge in [0.15, 0.2) is 0 Å². The first-order valence-corrected chi connectivity index (χ1v) is 6.68. The van der Waals surface area contributed by atoms with E-state index in [1.54, 1.807) is 12.1 Å². The molecule has 2 aromatic rings. The molecular formula is C14H12BrNOS. The highest BCUT2D eigenvalue weighted by atomic mass is 79.9. The molecule has 0 saturated heterocycles. The third-order valence-corrected chi connectivity index (χ3v) is 3.91. The Balaban J connectivity index is 2.27. The summed E-state index contributed by atoms with van der Waals surface area (Å²) in [6.07, 6.45) is 0. The number of anilines is 1. The SMILES string of the molecule is Cc1c(Br)cccc1NC(=O)c1ccccc1S. The molecule has 0 heterocycles. The molecule has 2 aromatic carbocycles. The first-order valence-electron chi connectivity index (χ1n) is 5.44. The predicted molar refractivity (Wildman–Crippen MR) is 80.5 cm³/mol. The zero-order valence-electron chi connectivity index (χ0n) is 9.77. The molecule has 0 saturated carbocycles. The number of benzene rings is 2. The summed E-state index contributed by atoms with van der Waals surface area (Å²) < 4.78 is 0.972. The molecule has 4 heteroatoms. The Hall–Kier alpha value is -1.26. The maximum absolute atomic E-state index is 12.1. The lowest BCUT2D eigenvalue weighted by Crippen LogP contribution is -2.13. The number of hydrogen-bond donors (Lipinski definition) is 2. The van der Waals surface area contributed by atoms with E-state index in [4.69, 9.17) is 0 Å². The Morgan fingerprint density at radius 2 is 1.89 bits per heavy atom. The molecule has 0 aliphatic carbocycles. The number of amides is 1. The summed E-state index contributed by atoms with van der Waals surface area (Å²) in [7, 11) is 0. The second-order valence-corrected chi connectivity index (χ2v) is 5.22. The van der Waals surface area contributed by atoms with Crippen LogP contribution in [0.4, 0.5) is 5.69 Å². The molecule has 0 fully saturated rings. The van der Waals surface area contributed by atoms with Crippen LogP contribution in [0.2, 0.25) is 0 Å². The molecule has 1 amide bonds. The van der Waals surface area contributed by atoms with Crippen LogP contribution < -0.4 is 5.32 Å². The van der Waals surface area contributed by atoms with Crippen molar-refractivity contribution in [2.45, 2.75) is 11.8 Å². The van der Waals surface area contributed by atoms with E-state index >= 15 is 0 Å². The first kappa shape index (κ1) is 13.2. The molecule has 92 valence electrons. The van der Waals surface area contributed by atoms with Gasteiger partial charge in [-0.15, -0.1) is 12.6 Å². The molecule has 18 heavy (non-hydrogen) atoms. The minimum atomic E-state index is -0.151. The van der Waals surface area contributed by atoms with Gasteiger partial charge in [-0.3, -0.25) is 4.79 Å². The summed E-state index contributed by atoms with van der Waals surface area (Å²) >= 11 is 7.72. The molecule has 0 bridgehead atoms. The topological polar surface area (TPSA) is 29.1 Å². The van der Waals surface area contributed by atoms with Gasteiger partial charge in [-0.1, -0.05) is 34.1 Å². The average Bonchev–Trinajstić information content (AvgIpc) is 2.35. The third kappa shape index (κ3) is 2.76. The van der Waals surface area contributed by atoms with Gasteiger partial charge in [-0.05, 0) is 36.8 Å². The normalized spacial score (nSPS) is 10.2. The smallest absolute Gasteiger partial charge is 0.256 e. The van der Waals surface area contributed by atoms with Crippen molar-refractivity contribution in [2.24, 2.45) is 0 Å². The number of carbonyl (C=O) groups is 1. The molecule has 0 unspecified atom stereocenters. The Labute approximate surface area is 120 Å². The summed E-state index contributed by atoms with van der Waals surface area (Å²) in [6, 6.07) is 12.9. The quantitative estimate of drug-likeness (QED) is 0.793. The fourth-order valence-corrected chi connectivity index (χ4v) is 2.23. The number of nitrogens with one attached hydrogen (secondary N) is 1. The zero-order chi connectivity index (χ0) is 13.1. The van der Waals surface area contributed by atoms with E-state index in [1.807, 2.05) is 37.3 Å². The van der Waals surface area contributed by atoms with Crippen molar-refractivity contribution in [1.82, 2.24) is 0 Å². The number of halogens is 1. The highest BCUT2D eigenvalue weighted by Gasteiger charge is 2.10. The fourth-order valence-electron chi connectivity index (χ4n) is 1.60. The van der Waals surface area contributed by atoms with Crippen molar-refractivity contribution in [3.8, 4) is 0 Å². The summed E-state index contributed by atoms with van der Waals surface area (Å²) in [6.45, 7) is 1.95. The maximum Gasteiger partial charge on any atom is 0.256 e. The monoisotopic (exact) mass is 321 g/mol. The summed E-state index contributed by atoms with van der Waals surface area (Å²) in [5.74, 6) is -0.151. The number of hydrogen-bond acceptors (Lipinski definition) is 2. The molecule has 2 nitrogen and oxygen atoms in total. The molecule has 0 aliphatic rings. The second-order valence-electron chi connectivity index (χ2n) is 3.88. The number of rotatable bonds is 2.